The summed E-state index contributed by atoms with van der Waals surface area (Å²) in [6.45, 7) is 3.11. The van der Waals surface area contributed by atoms with Crippen LogP contribution in [0.3, 0.4) is 0 Å². The van der Waals surface area contributed by atoms with Gasteiger partial charge in [0.2, 0.25) is 0 Å². The van der Waals surface area contributed by atoms with Crippen LogP contribution in [0.4, 0.5) is 10.1 Å². The van der Waals surface area contributed by atoms with Gasteiger partial charge in [0.1, 0.15) is 11.9 Å². The lowest BCUT2D eigenvalue weighted by atomic mass is 9.70. The Balaban J connectivity index is 2.00. The average Bonchev–Trinajstić information content (AvgIpc) is 2.24. The van der Waals surface area contributed by atoms with E-state index < -0.39 is 5.82 Å². The minimum atomic E-state index is -0.453. The summed E-state index contributed by atoms with van der Waals surface area (Å²) >= 11 is 0. The van der Waals surface area contributed by atoms with Gasteiger partial charge >= 0.3 is 0 Å². The number of nitrogens with zero attached hydrogens (tertiary/aromatic N) is 1. The lowest BCUT2D eigenvalue weighted by Gasteiger charge is -2.38. The molecule has 0 atom stereocenters. The Morgan fingerprint density at radius 1 is 1.50 bits per heavy atom. The summed E-state index contributed by atoms with van der Waals surface area (Å²) in [6.07, 6.45) is 3.76. The number of nitrogens with one attached hydrogen (secondary N) is 1. The van der Waals surface area contributed by atoms with Crippen molar-refractivity contribution < 1.29 is 4.39 Å². The number of rotatable bonds is 3. The summed E-state index contributed by atoms with van der Waals surface area (Å²) in [5, 5.41) is 11.8. The Morgan fingerprint density at radius 2 is 2.25 bits per heavy atom. The SMILES string of the molecule is CC1(CNc2ccc(C#N)c(F)c2)CCC1. The van der Waals surface area contributed by atoms with Gasteiger partial charge in [0.05, 0.1) is 5.56 Å². The van der Waals surface area contributed by atoms with Crippen molar-refractivity contribution in [1.82, 2.24) is 0 Å². The third-order valence-electron chi connectivity index (χ3n) is 3.37. The molecule has 3 heteroatoms. The molecule has 16 heavy (non-hydrogen) atoms. The number of benzene rings is 1. The zero-order chi connectivity index (χ0) is 11.6. The van der Waals surface area contributed by atoms with Gasteiger partial charge in [0.25, 0.3) is 0 Å². The van der Waals surface area contributed by atoms with Crippen molar-refractivity contribution in [3.8, 4) is 6.07 Å². The molecule has 0 aromatic heterocycles. The van der Waals surface area contributed by atoms with Crippen molar-refractivity contribution in [2.24, 2.45) is 5.41 Å². The van der Waals surface area contributed by atoms with Crippen LogP contribution >= 0.6 is 0 Å². The predicted octanol–water partition coefficient (Wildman–Crippen LogP) is 3.30. The first-order chi connectivity index (χ1) is 7.63. The van der Waals surface area contributed by atoms with Gasteiger partial charge < -0.3 is 5.32 Å². The van der Waals surface area contributed by atoms with Crippen molar-refractivity contribution in [2.75, 3.05) is 11.9 Å². The fourth-order valence-corrected chi connectivity index (χ4v) is 1.99. The highest BCUT2D eigenvalue weighted by molar-refractivity contribution is 5.48. The largest absolute Gasteiger partial charge is 0.384 e. The maximum absolute atomic E-state index is 13.3. The Kier molecular flexibility index (Phi) is 2.82. The van der Waals surface area contributed by atoms with Crippen LogP contribution in [0.25, 0.3) is 0 Å². The number of nitriles is 1. The van der Waals surface area contributed by atoms with Crippen LogP contribution in [-0.4, -0.2) is 6.54 Å². The van der Waals surface area contributed by atoms with E-state index in [-0.39, 0.29) is 5.56 Å². The molecule has 0 aliphatic heterocycles. The van der Waals surface area contributed by atoms with Crippen molar-refractivity contribution in [1.29, 1.82) is 5.26 Å². The molecule has 1 N–H and O–H groups in total. The Morgan fingerprint density at radius 3 is 2.75 bits per heavy atom. The van der Waals surface area contributed by atoms with Crippen LogP contribution in [0, 0.1) is 22.6 Å². The van der Waals surface area contributed by atoms with Gasteiger partial charge in [-0.3, -0.25) is 0 Å². The molecule has 0 unspecified atom stereocenters. The molecule has 1 aromatic carbocycles. The van der Waals surface area contributed by atoms with Crippen molar-refractivity contribution in [2.45, 2.75) is 26.2 Å². The first-order valence-electron chi connectivity index (χ1n) is 5.56. The van der Waals surface area contributed by atoms with Gasteiger partial charge in [-0.05, 0) is 36.5 Å². The Hall–Kier alpha value is -1.56. The smallest absolute Gasteiger partial charge is 0.143 e. The van der Waals surface area contributed by atoms with Crippen LogP contribution in [0.5, 0.6) is 0 Å². The predicted molar refractivity (Wildman–Crippen MR) is 61.6 cm³/mol. The van der Waals surface area contributed by atoms with Crippen LogP contribution in [-0.2, 0) is 0 Å². The summed E-state index contributed by atoms with van der Waals surface area (Å²) < 4.78 is 13.3. The van der Waals surface area contributed by atoms with E-state index in [1.165, 1.54) is 31.4 Å². The molecule has 1 aromatic rings. The molecule has 84 valence electrons. The van der Waals surface area contributed by atoms with Gasteiger partial charge in [0.15, 0.2) is 0 Å². The number of hydrogen-bond acceptors (Lipinski definition) is 2. The normalized spacial score (nSPS) is 17.3. The molecule has 1 fully saturated rings. The Bertz CT molecular complexity index is 430. The molecule has 0 radical (unpaired) electrons. The number of halogens is 1. The van der Waals surface area contributed by atoms with E-state index >= 15 is 0 Å². The fourth-order valence-electron chi connectivity index (χ4n) is 1.99. The van der Waals surface area contributed by atoms with E-state index in [2.05, 4.69) is 12.2 Å². The molecule has 0 bridgehead atoms. The third kappa shape index (κ3) is 2.16. The standard InChI is InChI=1S/C13H15FN2/c1-13(5-2-6-13)9-16-11-4-3-10(8-15)12(14)7-11/h3-4,7,16H,2,5-6,9H2,1H3. The van der Waals surface area contributed by atoms with E-state index in [9.17, 15) is 4.39 Å². The van der Waals surface area contributed by atoms with Crippen LogP contribution in [0.15, 0.2) is 18.2 Å². The molecule has 2 rings (SSSR count). The molecule has 1 saturated carbocycles. The van der Waals surface area contributed by atoms with Crippen molar-refractivity contribution in [3.63, 3.8) is 0 Å². The first kappa shape index (κ1) is 10.9. The zero-order valence-electron chi connectivity index (χ0n) is 9.39. The molecule has 2 nitrogen and oxygen atoms in total. The molecule has 1 aliphatic rings. The minimum Gasteiger partial charge on any atom is -0.384 e. The quantitative estimate of drug-likeness (QED) is 0.844. The number of hydrogen-bond donors (Lipinski definition) is 1. The topological polar surface area (TPSA) is 35.8 Å². The number of anilines is 1. The van der Waals surface area contributed by atoms with Gasteiger partial charge in [-0.2, -0.15) is 5.26 Å². The fraction of sp³-hybridized carbons (Fsp3) is 0.462. The van der Waals surface area contributed by atoms with Crippen molar-refractivity contribution in [3.05, 3.63) is 29.6 Å². The summed E-state index contributed by atoms with van der Waals surface area (Å²) in [5.41, 5.74) is 1.22. The van der Waals surface area contributed by atoms with E-state index in [0.29, 0.717) is 5.41 Å². The highest BCUT2D eigenvalue weighted by atomic mass is 19.1. The second kappa shape index (κ2) is 4.13. The monoisotopic (exact) mass is 218 g/mol. The van der Waals surface area contributed by atoms with Gasteiger partial charge in [-0.25, -0.2) is 4.39 Å². The van der Waals surface area contributed by atoms with Gasteiger partial charge in [-0.1, -0.05) is 13.3 Å². The lowest BCUT2D eigenvalue weighted by Crippen LogP contribution is -2.33. The Labute approximate surface area is 95.1 Å². The average molecular weight is 218 g/mol. The second-order valence-electron chi connectivity index (χ2n) is 4.82. The second-order valence-corrected chi connectivity index (χ2v) is 4.82. The molecule has 0 heterocycles. The minimum absolute atomic E-state index is 0.0976. The van der Waals surface area contributed by atoms with Crippen LogP contribution in [0.1, 0.15) is 31.7 Å². The first-order valence-corrected chi connectivity index (χ1v) is 5.56. The van der Waals surface area contributed by atoms with Gasteiger partial charge in [-0.15, -0.1) is 0 Å². The van der Waals surface area contributed by atoms with Gasteiger partial charge in [0, 0.05) is 12.2 Å². The third-order valence-corrected chi connectivity index (χ3v) is 3.37. The molecule has 0 saturated heterocycles. The van der Waals surface area contributed by atoms with Crippen LogP contribution < -0.4 is 5.32 Å². The molecular formula is C13H15FN2. The zero-order valence-corrected chi connectivity index (χ0v) is 9.39. The maximum Gasteiger partial charge on any atom is 0.143 e. The van der Waals surface area contributed by atoms with E-state index in [0.717, 1.165) is 12.2 Å². The molecule has 0 spiro atoms. The summed E-state index contributed by atoms with van der Waals surface area (Å²) in [4.78, 5) is 0. The van der Waals surface area contributed by atoms with E-state index in [4.69, 9.17) is 5.26 Å². The summed E-state index contributed by atoms with van der Waals surface area (Å²) in [6, 6.07) is 6.47. The highest BCUT2D eigenvalue weighted by Crippen LogP contribution is 2.40. The summed E-state index contributed by atoms with van der Waals surface area (Å²) in [5.74, 6) is -0.453. The van der Waals surface area contributed by atoms with E-state index in [1.807, 2.05) is 6.07 Å². The van der Waals surface area contributed by atoms with E-state index in [1.54, 1.807) is 6.07 Å². The molecular weight excluding hydrogens is 203 g/mol. The molecule has 1 aliphatic carbocycles. The highest BCUT2D eigenvalue weighted by Gasteiger charge is 2.31. The van der Waals surface area contributed by atoms with Crippen LogP contribution in [0.2, 0.25) is 0 Å². The molecule has 0 amide bonds. The summed E-state index contributed by atoms with van der Waals surface area (Å²) in [7, 11) is 0. The van der Waals surface area contributed by atoms with Crippen molar-refractivity contribution >= 4 is 5.69 Å². The maximum atomic E-state index is 13.3. The lowest BCUT2D eigenvalue weighted by molar-refractivity contribution is 0.180.